The van der Waals surface area contributed by atoms with Crippen molar-refractivity contribution in [2.45, 2.75) is 38.1 Å². The van der Waals surface area contributed by atoms with Gasteiger partial charge in [0.2, 0.25) is 5.91 Å². The molecule has 0 spiro atoms. The van der Waals surface area contributed by atoms with Crippen molar-refractivity contribution < 1.29 is 27.5 Å². The highest BCUT2D eigenvalue weighted by Gasteiger charge is 2.30. The third kappa shape index (κ3) is 5.02. The first-order valence-corrected chi connectivity index (χ1v) is 8.76. The lowest BCUT2D eigenvalue weighted by atomic mass is 10.1. The number of hydrogen-bond acceptors (Lipinski definition) is 4. The number of H-pyrrole nitrogens is 1. The molecule has 0 bridgehead atoms. The summed E-state index contributed by atoms with van der Waals surface area (Å²) in [5.74, 6) is -0.691. The molecule has 1 aliphatic heterocycles. The molecular weight excluding hydrogens is 377 g/mol. The molecule has 2 aromatic rings. The Kier molecular flexibility index (Phi) is 5.86. The summed E-state index contributed by atoms with van der Waals surface area (Å²) < 4.78 is 43.5. The summed E-state index contributed by atoms with van der Waals surface area (Å²) >= 11 is 0. The van der Waals surface area contributed by atoms with Crippen molar-refractivity contribution in [3.05, 3.63) is 47.3 Å². The van der Waals surface area contributed by atoms with Crippen molar-refractivity contribution in [1.29, 1.82) is 0 Å². The van der Waals surface area contributed by atoms with Crippen LogP contribution >= 0.6 is 0 Å². The first-order valence-electron chi connectivity index (χ1n) is 8.76. The predicted molar refractivity (Wildman–Crippen MR) is 92.5 cm³/mol. The summed E-state index contributed by atoms with van der Waals surface area (Å²) in [6.45, 7) is 0.496. The number of rotatable bonds is 5. The molecule has 0 aliphatic carbocycles. The van der Waals surface area contributed by atoms with E-state index in [4.69, 9.17) is 4.74 Å². The average Bonchev–Trinajstić information content (AvgIpc) is 3.05. The standard InChI is InChI=1S/C18H19F3N4O3/c19-18(20,21)11-4-3-5-13(8-11)28-10-12-9-15(25-24-12)17(27)23-14-6-1-2-7-22-16(14)26/h3-5,8-9,14H,1-2,6-7,10H2,(H,22,26)(H,23,27)(H,24,25)/t14-/m0/s1. The van der Waals surface area contributed by atoms with Crippen molar-refractivity contribution in [3.8, 4) is 5.75 Å². The number of aromatic amines is 1. The van der Waals surface area contributed by atoms with Gasteiger partial charge in [-0.1, -0.05) is 6.07 Å². The van der Waals surface area contributed by atoms with E-state index in [0.29, 0.717) is 18.7 Å². The van der Waals surface area contributed by atoms with Gasteiger partial charge in [-0.3, -0.25) is 14.7 Å². The Morgan fingerprint density at radius 2 is 2.11 bits per heavy atom. The minimum Gasteiger partial charge on any atom is -0.487 e. The van der Waals surface area contributed by atoms with Crippen LogP contribution in [0.15, 0.2) is 30.3 Å². The number of benzene rings is 1. The lowest BCUT2D eigenvalue weighted by Gasteiger charge is -2.13. The smallest absolute Gasteiger partial charge is 0.416 e. The zero-order chi connectivity index (χ0) is 20.1. The third-order valence-corrected chi connectivity index (χ3v) is 4.26. The average molecular weight is 396 g/mol. The fourth-order valence-electron chi connectivity index (χ4n) is 2.78. The van der Waals surface area contributed by atoms with Gasteiger partial charge in [0.25, 0.3) is 5.91 Å². The SMILES string of the molecule is O=C(N[C@H]1CCCCNC1=O)c1cc(COc2cccc(C(F)(F)F)c2)[nH]n1. The quantitative estimate of drug-likeness (QED) is 0.723. The van der Waals surface area contributed by atoms with Crippen LogP contribution in [-0.2, 0) is 17.6 Å². The van der Waals surface area contributed by atoms with Gasteiger partial charge in [-0.05, 0) is 43.5 Å². The molecule has 2 amide bonds. The molecule has 1 aliphatic rings. The van der Waals surface area contributed by atoms with E-state index in [0.717, 1.165) is 25.0 Å². The second-order valence-corrected chi connectivity index (χ2v) is 6.41. The van der Waals surface area contributed by atoms with E-state index in [1.807, 2.05) is 0 Å². The van der Waals surface area contributed by atoms with Gasteiger partial charge in [-0.15, -0.1) is 0 Å². The summed E-state index contributed by atoms with van der Waals surface area (Å²) in [4.78, 5) is 24.2. The van der Waals surface area contributed by atoms with Crippen LogP contribution in [0.25, 0.3) is 0 Å². The second kappa shape index (κ2) is 8.32. The number of alkyl halides is 3. The highest BCUT2D eigenvalue weighted by Crippen LogP contribution is 2.31. The Balaban J connectivity index is 1.58. The Labute approximate surface area is 158 Å². The van der Waals surface area contributed by atoms with Crippen LogP contribution in [0.5, 0.6) is 5.75 Å². The molecule has 1 fully saturated rings. The van der Waals surface area contributed by atoms with Gasteiger partial charge in [0.15, 0.2) is 0 Å². The maximum absolute atomic E-state index is 12.7. The van der Waals surface area contributed by atoms with E-state index in [-0.39, 0.29) is 24.0 Å². The summed E-state index contributed by atoms with van der Waals surface area (Å²) in [5, 5.41) is 11.8. The van der Waals surface area contributed by atoms with Crippen molar-refractivity contribution in [1.82, 2.24) is 20.8 Å². The Bertz CT molecular complexity index is 851. The van der Waals surface area contributed by atoms with Crippen LogP contribution in [0.2, 0.25) is 0 Å². The molecule has 3 rings (SSSR count). The number of nitrogens with zero attached hydrogens (tertiary/aromatic N) is 1. The van der Waals surface area contributed by atoms with Gasteiger partial charge in [0, 0.05) is 6.54 Å². The first-order chi connectivity index (χ1) is 13.3. The van der Waals surface area contributed by atoms with Crippen LogP contribution in [0.1, 0.15) is 41.0 Å². The van der Waals surface area contributed by atoms with E-state index in [9.17, 15) is 22.8 Å². The molecule has 0 radical (unpaired) electrons. The fraction of sp³-hybridized carbons (Fsp3) is 0.389. The lowest BCUT2D eigenvalue weighted by molar-refractivity contribution is -0.137. The minimum atomic E-state index is -4.46. The Hall–Kier alpha value is -3.04. The second-order valence-electron chi connectivity index (χ2n) is 6.41. The lowest BCUT2D eigenvalue weighted by Crippen LogP contribution is -2.45. The molecule has 2 heterocycles. The van der Waals surface area contributed by atoms with Crippen LogP contribution < -0.4 is 15.4 Å². The highest BCUT2D eigenvalue weighted by molar-refractivity contribution is 5.96. The summed E-state index contributed by atoms with van der Waals surface area (Å²) in [7, 11) is 0. The van der Waals surface area contributed by atoms with E-state index in [2.05, 4.69) is 20.8 Å². The number of nitrogens with one attached hydrogen (secondary N) is 3. The van der Waals surface area contributed by atoms with Gasteiger partial charge in [-0.2, -0.15) is 18.3 Å². The van der Waals surface area contributed by atoms with Crippen molar-refractivity contribution in [3.63, 3.8) is 0 Å². The molecule has 3 N–H and O–H groups in total. The molecule has 150 valence electrons. The number of amides is 2. The first kappa shape index (κ1) is 19.7. The zero-order valence-electron chi connectivity index (χ0n) is 14.8. The van der Waals surface area contributed by atoms with Gasteiger partial charge in [-0.25, -0.2) is 0 Å². The Morgan fingerprint density at radius 1 is 1.29 bits per heavy atom. The van der Waals surface area contributed by atoms with Gasteiger partial charge in [0.05, 0.1) is 11.3 Å². The van der Waals surface area contributed by atoms with E-state index < -0.39 is 23.7 Å². The molecule has 7 nitrogen and oxygen atoms in total. The number of halogens is 3. The molecule has 10 heteroatoms. The van der Waals surface area contributed by atoms with E-state index >= 15 is 0 Å². The predicted octanol–water partition coefficient (Wildman–Crippen LogP) is 2.41. The topological polar surface area (TPSA) is 96.1 Å². The maximum atomic E-state index is 12.7. The molecule has 28 heavy (non-hydrogen) atoms. The van der Waals surface area contributed by atoms with Gasteiger partial charge >= 0.3 is 6.18 Å². The van der Waals surface area contributed by atoms with E-state index in [1.54, 1.807) is 0 Å². The summed E-state index contributed by atoms with van der Waals surface area (Å²) in [5.41, 5.74) is -0.330. The van der Waals surface area contributed by atoms with Gasteiger partial charge < -0.3 is 15.4 Å². The van der Waals surface area contributed by atoms with Crippen molar-refractivity contribution in [2.75, 3.05) is 6.54 Å². The summed E-state index contributed by atoms with van der Waals surface area (Å²) in [6, 6.07) is 5.32. The molecule has 1 aromatic heterocycles. The van der Waals surface area contributed by atoms with Crippen LogP contribution in [0.3, 0.4) is 0 Å². The van der Waals surface area contributed by atoms with Crippen LogP contribution in [0.4, 0.5) is 13.2 Å². The van der Waals surface area contributed by atoms with Crippen molar-refractivity contribution >= 4 is 11.8 Å². The van der Waals surface area contributed by atoms with Crippen LogP contribution in [0, 0.1) is 0 Å². The third-order valence-electron chi connectivity index (χ3n) is 4.26. The largest absolute Gasteiger partial charge is 0.487 e. The Morgan fingerprint density at radius 3 is 2.89 bits per heavy atom. The molecule has 0 saturated carbocycles. The number of aromatic nitrogens is 2. The highest BCUT2D eigenvalue weighted by atomic mass is 19.4. The van der Waals surface area contributed by atoms with Gasteiger partial charge in [0.1, 0.15) is 24.1 Å². The normalized spacial score (nSPS) is 17.5. The molecular formula is C18H19F3N4O3. The molecule has 1 saturated heterocycles. The van der Waals surface area contributed by atoms with E-state index in [1.165, 1.54) is 18.2 Å². The maximum Gasteiger partial charge on any atom is 0.416 e. The molecule has 0 unspecified atom stereocenters. The van der Waals surface area contributed by atoms with Crippen molar-refractivity contribution in [2.24, 2.45) is 0 Å². The minimum absolute atomic E-state index is 0.0468. The van der Waals surface area contributed by atoms with Crippen LogP contribution in [-0.4, -0.2) is 34.6 Å². The summed E-state index contributed by atoms with van der Waals surface area (Å²) in [6.07, 6.45) is -2.23. The number of carbonyl (C=O) groups is 2. The zero-order valence-corrected chi connectivity index (χ0v) is 14.8. The number of hydrogen-bond donors (Lipinski definition) is 3. The number of carbonyl (C=O) groups excluding carboxylic acids is 2. The molecule has 1 aromatic carbocycles. The monoisotopic (exact) mass is 396 g/mol. The molecule has 1 atom stereocenters. The number of ether oxygens (including phenoxy) is 1. The fourth-order valence-corrected chi connectivity index (χ4v) is 2.78.